The summed E-state index contributed by atoms with van der Waals surface area (Å²) in [5, 5.41) is 0.886. The minimum absolute atomic E-state index is 0.157. The van der Waals surface area contributed by atoms with Crippen molar-refractivity contribution in [3.8, 4) is 0 Å². The molecule has 0 aliphatic rings. The maximum Gasteiger partial charge on any atom is 0.238 e. The molecule has 0 radical (unpaired) electrons. The number of rotatable bonds is 6. The lowest BCUT2D eigenvalue weighted by molar-refractivity contribution is -0.120. The van der Waals surface area contributed by atoms with E-state index in [9.17, 15) is 17.6 Å². The first-order chi connectivity index (χ1) is 10.00. The molecular weight excluding hydrogens is 305 g/mol. The average molecular weight is 329 g/mol. The summed E-state index contributed by atoms with van der Waals surface area (Å²) in [5.74, 6) is -0.900. The molecular formula is C16H24FNO3S. The van der Waals surface area contributed by atoms with Crippen LogP contribution in [-0.2, 0) is 20.0 Å². The summed E-state index contributed by atoms with van der Waals surface area (Å²) in [7, 11) is -3.50. The van der Waals surface area contributed by atoms with Gasteiger partial charge in [-0.3, -0.25) is 4.79 Å². The summed E-state index contributed by atoms with van der Waals surface area (Å²) in [5.41, 5.74) is -0.155. The van der Waals surface area contributed by atoms with Gasteiger partial charge in [-0.05, 0) is 32.4 Å². The Hall–Kier alpha value is -1.43. The van der Waals surface area contributed by atoms with Crippen molar-refractivity contribution in [2.45, 2.75) is 50.5 Å². The number of sulfone groups is 1. The van der Waals surface area contributed by atoms with E-state index in [1.807, 2.05) is 0 Å². The quantitative estimate of drug-likeness (QED) is 0.872. The van der Waals surface area contributed by atoms with Crippen molar-refractivity contribution in [1.82, 2.24) is 5.32 Å². The second kappa shape index (κ2) is 6.77. The summed E-state index contributed by atoms with van der Waals surface area (Å²) in [6, 6.07) is 6.36. The van der Waals surface area contributed by atoms with Crippen molar-refractivity contribution in [2.24, 2.45) is 0 Å². The van der Waals surface area contributed by atoms with Crippen LogP contribution < -0.4 is 5.32 Å². The molecule has 0 saturated carbocycles. The highest BCUT2D eigenvalue weighted by molar-refractivity contribution is 7.93. The Kier molecular flexibility index (Phi) is 5.73. The van der Waals surface area contributed by atoms with Gasteiger partial charge in [0, 0.05) is 12.0 Å². The molecule has 1 rings (SSSR count). The van der Waals surface area contributed by atoms with Crippen LogP contribution >= 0.6 is 0 Å². The lowest BCUT2D eigenvalue weighted by atomic mass is 9.84. The molecule has 22 heavy (non-hydrogen) atoms. The molecule has 0 aliphatic carbocycles. The highest BCUT2D eigenvalue weighted by Crippen LogP contribution is 2.25. The Balaban J connectivity index is 2.81. The number of hydrogen-bond donors (Lipinski definition) is 1. The molecule has 4 nitrogen and oxygen atoms in total. The molecule has 124 valence electrons. The van der Waals surface area contributed by atoms with Gasteiger partial charge in [-0.2, -0.15) is 0 Å². The van der Waals surface area contributed by atoms with Crippen molar-refractivity contribution >= 4 is 15.7 Å². The van der Waals surface area contributed by atoms with Gasteiger partial charge in [0.05, 0.1) is 5.25 Å². The highest BCUT2D eigenvalue weighted by Gasteiger charge is 2.32. The van der Waals surface area contributed by atoms with Crippen molar-refractivity contribution in [2.75, 3.05) is 6.54 Å². The monoisotopic (exact) mass is 329 g/mol. The molecule has 0 aliphatic heterocycles. The van der Waals surface area contributed by atoms with E-state index < -0.39 is 31.7 Å². The topological polar surface area (TPSA) is 63.2 Å². The number of amides is 1. The number of halogens is 1. The van der Waals surface area contributed by atoms with Crippen LogP contribution in [0.25, 0.3) is 0 Å². The Morgan fingerprint density at radius 1 is 1.23 bits per heavy atom. The van der Waals surface area contributed by atoms with Crippen LogP contribution in [0.5, 0.6) is 0 Å². The van der Waals surface area contributed by atoms with Crippen molar-refractivity contribution in [1.29, 1.82) is 0 Å². The molecule has 0 bridgehead atoms. The first-order valence-electron chi connectivity index (χ1n) is 7.25. The Morgan fingerprint density at radius 3 is 2.27 bits per heavy atom. The number of hydrogen-bond acceptors (Lipinski definition) is 3. The standard InChI is InChI=1S/C16H24FNO3S/c1-11(2)22(20,21)12(3)15(19)18-10-16(4,5)13-8-6-7-9-14(13)17/h6-9,11-12H,10H2,1-5H3,(H,18,19)/t12-/m0/s1. The van der Waals surface area contributed by atoms with Crippen LogP contribution in [0.4, 0.5) is 4.39 Å². The number of carbonyl (C=O) groups is 1. The molecule has 1 atom stereocenters. The van der Waals surface area contributed by atoms with Gasteiger partial charge in [0.25, 0.3) is 0 Å². The van der Waals surface area contributed by atoms with Crippen LogP contribution in [0.1, 0.15) is 40.2 Å². The Morgan fingerprint density at radius 2 is 1.77 bits per heavy atom. The molecule has 0 spiro atoms. The van der Waals surface area contributed by atoms with E-state index >= 15 is 0 Å². The third-order valence-electron chi connectivity index (χ3n) is 3.83. The van der Waals surface area contributed by atoms with E-state index in [4.69, 9.17) is 0 Å². The van der Waals surface area contributed by atoms with E-state index in [-0.39, 0.29) is 12.4 Å². The van der Waals surface area contributed by atoms with Crippen molar-refractivity contribution in [3.05, 3.63) is 35.6 Å². The van der Waals surface area contributed by atoms with Crippen molar-refractivity contribution in [3.63, 3.8) is 0 Å². The van der Waals surface area contributed by atoms with Crippen LogP contribution in [-0.4, -0.2) is 31.4 Å². The van der Waals surface area contributed by atoms with E-state index in [0.717, 1.165) is 0 Å². The minimum atomic E-state index is -3.50. The smallest absolute Gasteiger partial charge is 0.238 e. The fourth-order valence-corrected chi connectivity index (χ4v) is 3.31. The number of benzene rings is 1. The molecule has 0 saturated heterocycles. The third kappa shape index (κ3) is 4.06. The van der Waals surface area contributed by atoms with Gasteiger partial charge < -0.3 is 5.32 Å². The molecule has 1 aromatic carbocycles. The van der Waals surface area contributed by atoms with Crippen molar-refractivity contribution < 1.29 is 17.6 Å². The van der Waals surface area contributed by atoms with Gasteiger partial charge in [-0.25, -0.2) is 12.8 Å². The summed E-state index contributed by atoms with van der Waals surface area (Å²) in [6.07, 6.45) is 0. The minimum Gasteiger partial charge on any atom is -0.354 e. The maximum atomic E-state index is 13.9. The summed E-state index contributed by atoms with van der Waals surface area (Å²) in [6.45, 7) is 8.22. The molecule has 1 amide bonds. The second-order valence-corrected chi connectivity index (χ2v) is 9.19. The molecule has 0 fully saturated rings. The van der Waals surface area contributed by atoms with Crippen LogP contribution in [0.2, 0.25) is 0 Å². The first-order valence-corrected chi connectivity index (χ1v) is 8.86. The van der Waals surface area contributed by atoms with E-state index in [0.29, 0.717) is 5.56 Å². The molecule has 6 heteroatoms. The third-order valence-corrected chi connectivity index (χ3v) is 6.34. The van der Waals surface area contributed by atoms with Gasteiger partial charge in [0.15, 0.2) is 9.84 Å². The molecule has 0 aromatic heterocycles. The van der Waals surface area contributed by atoms with E-state index in [1.165, 1.54) is 13.0 Å². The van der Waals surface area contributed by atoms with Gasteiger partial charge in [-0.1, -0.05) is 32.0 Å². The molecule has 1 N–H and O–H groups in total. The van der Waals surface area contributed by atoms with Crippen LogP contribution in [0.15, 0.2) is 24.3 Å². The second-order valence-electron chi connectivity index (χ2n) is 6.36. The largest absolute Gasteiger partial charge is 0.354 e. The lowest BCUT2D eigenvalue weighted by Gasteiger charge is -2.27. The fraction of sp³-hybridized carbons (Fsp3) is 0.562. The predicted octanol–water partition coefficient (Wildman–Crippen LogP) is 2.43. The van der Waals surface area contributed by atoms with Crippen LogP contribution in [0.3, 0.4) is 0 Å². The maximum absolute atomic E-state index is 13.9. The van der Waals surface area contributed by atoms with Crippen LogP contribution in [0, 0.1) is 5.82 Å². The molecule has 0 heterocycles. The fourth-order valence-electron chi connectivity index (χ4n) is 2.11. The lowest BCUT2D eigenvalue weighted by Crippen LogP contribution is -2.45. The zero-order valence-electron chi connectivity index (χ0n) is 13.7. The molecule has 0 unspecified atom stereocenters. The van der Waals surface area contributed by atoms with E-state index in [1.54, 1.807) is 45.9 Å². The Labute approximate surface area is 132 Å². The first kappa shape index (κ1) is 18.6. The number of nitrogens with one attached hydrogen (secondary N) is 1. The average Bonchev–Trinajstić information content (AvgIpc) is 2.44. The van der Waals surface area contributed by atoms with Gasteiger partial charge >= 0.3 is 0 Å². The van der Waals surface area contributed by atoms with Gasteiger partial charge in [-0.15, -0.1) is 0 Å². The zero-order valence-corrected chi connectivity index (χ0v) is 14.5. The molecule has 1 aromatic rings. The summed E-state index contributed by atoms with van der Waals surface area (Å²) >= 11 is 0. The summed E-state index contributed by atoms with van der Waals surface area (Å²) < 4.78 is 37.9. The SMILES string of the molecule is CC(C)S(=O)(=O)[C@@H](C)C(=O)NCC(C)(C)c1ccccc1F. The number of carbonyl (C=O) groups excluding carboxylic acids is 1. The predicted molar refractivity (Wildman–Crippen MR) is 86.0 cm³/mol. The normalized spacial score (nSPS) is 14.0. The highest BCUT2D eigenvalue weighted by atomic mass is 32.2. The van der Waals surface area contributed by atoms with Gasteiger partial charge in [0.2, 0.25) is 5.91 Å². The van der Waals surface area contributed by atoms with Gasteiger partial charge in [0.1, 0.15) is 11.1 Å². The Bertz CT molecular complexity index is 639. The summed E-state index contributed by atoms with van der Waals surface area (Å²) in [4.78, 5) is 12.1. The zero-order chi connectivity index (χ0) is 17.1. The van der Waals surface area contributed by atoms with E-state index in [2.05, 4.69) is 5.32 Å².